The molecule has 0 aliphatic carbocycles. The molecule has 0 spiro atoms. The number of hydrogen-bond acceptors (Lipinski definition) is 4. The highest BCUT2D eigenvalue weighted by atomic mass is 32.1. The maximum Gasteiger partial charge on any atom is 0.474 e. The molecule has 0 radical (unpaired) electrons. The molecule has 106 valence electrons. The van der Waals surface area contributed by atoms with E-state index in [0.29, 0.717) is 17.6 Å². The van der Waals surface area contributed by atoms with Gasteiger partial charge in [-0.3, -0.25) is 0 Å². The first-order chi connectivity index (χ1) is 10.9. The lowest BCUT2D eigenvalue weighted by Crippen LogP contribution is -1.93. The molecule has 3 aromatic heterocycles. The van der Waals surface area contributed by atoms with E-state index in [9.17, 15) is 0 Å². The van der Waals surface area contributed by atoms with Crippen LogP contribution in [-0.2, 0) is 0 Å². The van der Waals surface area contributed by atoms with Gasteiger partial charge < -0.3 is 0 Å². The lowest BCUT2D eigenvalue weighted by atomic mass is 10.2. The summed E-state index contributed by atoms with van der Waals surface area (Å²) in [6, 6.07) is 17.9. The zero-order valence-corrected chi connectivity index (χ0v) is 13.1. The Balaban J connectivity index is 1.91. The number of benzene rings is 1. The van der Waals surface area contributed by atoms with Gasteiger partial charge in [-0.15, -0.1) is 32.6 Å². The Kier molecular flexibility index (Phi) is 3.50. The van der Waals surface area contributed by atoms with E-state index in [0.717, 1.165) is 15.3 Å². The third-order valence-corrected chi connectivity index (χ3v) is 4.83. The van der Waals surface area contributed by atoms with Gasteiger partial charge in [-0.05, 0) is 35.0 Å². The summed E-state index contributed by atoms with van der Waals surface area (Å²) in [4.78, 5) is 11.2. The van der Waals surface area contributed by atoms with Gasteiger partial charge in [-0.1, -0.05) is 30.3 Å². The van der Waals surface area contributed by atoms with Crippen molar-refractivity contribution in [3.05, 3.63) is 65.4 Å². The normalized spacial score (nSPS) is 10.7. The molecule has 0 aliphatic heterocycles. The summed E-state index contributed by atoms with van der Waals surface area (Å²) in [5.41, 5.74) is 0.945. The molecule has 22 heavy (non-hydrogen) atoms. The molecule has 5 heteroatoms. The topological polar surface area (TPSA) is 37.1 Å². The van der Waals surface area contributed by atoms with E-state index in [4.69, 9.17) is 4.42 Å². The summed E-state index contributed by atoms with van der Waals surface area (Å²) in [5.74, 6) is 1.89. The first kappa shape index (κ1) is 13.3. The fourth-order valence-corrected chi connectivity index (χ4v) is 3.39. The van der Waals surface area contributed by atoms with Crippen molar-refractivity contribution in [1.29, 1.82) is 0 Å². The summed E-state index contributed by atoms with van der Waals surface area (Å²) in [5, 5.41) is 4.04. The van der Waals surface area contributed by atoms with Crippen molar-refractivity contribution in [3.63, 3.8) is 0 Å². The van der Waals surface area contributed by atoms with Crippen LogP contribution >= 0.6 is 22.7 Å². The second-order valence-electron chi connectivity index (χ2n) is 4.58. The second kappa shape index (κ2) is 5.79. The molecule has 0 saturated heterocycles. The van der Waals surface area contributed by atoms with Crippen LogP contribution in [0.2, 0.25) is 0 Å². The van der Waals surface area contributed by atoms with Gasteiger partial charge in [0.1, 0.15) is 5.56 Å². The van der Waals surface area contributed by atoms with Crippen molar-refractivity contribution in [2.75, 3.05) is 0 Å². The molecule has 0 N–H and O–H groups in total. The predicted octanol–water partition coefficient (Wildman–Crippen LogP) is 5.47. The first-order valence-corrected chi connectivity index (χ1v) is 8.51. The fourth-order valence-electron chi connectivity index (χ4n) is 2.08. The minimum absolute atomic E-state index is 0.586. The second-order valence-corrected chi connectivity index (χ2v) is 6.48. The summed E-state index contributed by atoms with van der Waals surface area (Å²) in [6.07, 6.45) is 0. The van der Waals surface area contributed by atoms with Crippen molar-refractivity contribution >= 4 is 22.7 Å². The third kappa shape index (κ3) is 2.56. The van der Waals surface area contributed by atoms with E-state index in [-0.39, 0.29) is 0 Å². The highest BCUT2D eigenvalue weighted by Crippen LogP contribution is 2.30. The molecular formula is C17H11N2OS2+. The van der Waals surface area contributed by atoms with Gasteiger partial charge in [0, 0.05) is 0 Å². The van der Waals surface area contributed by atoms with E-state index in [2.05, 4.69) is 9.97 Å². The maximum absolute atomic E-state index is 5.94. The Bertz CT molecular complexity index is 820. The predicted molar refractivity (Wildman–Crippen MR) is 90.8 cm³/mol. The molecule has 0 atom stereocenters. The van der Waals surface area contributed by atoms with Gasteiger partial charge in [0.2, 0.25) is 0 Å². The molecule has 0 unspecified atom stereocenters. The van der Waals surface area contributed by atoms with Crippen molar-refractivity contribution in [2.24, 2.45) is 0 Å². The largest absolute Gasteiger partial charge is 0.474 e. The van der Waals surface area contributed by atoms with E-state index in [1.54, 1.807) is 22.7 Å². The van der Waals surface area contributed by atoms with Crippen molar-refractivity contribution in [2.45, 2.75) is 0 Å². The van der Waals surface area contributed by atoms with Crippen molar-refractivity contribution < 1.29 is 4.42 Å². The summed E-state index contributed by atoms with van der Waals surface area (Å²) in [7, 11) is 0. The van der Waals surface area contributed by atoms with E-state index in [1.165, 1.54) is 0 Å². The minimum atomic E-state index is 0.586. The molecule has 0 saturated carbocycles. The Hall–Kier alpha value is -2.37. The number of aromatic nitrogens is 2. The first-order valence-electron chi connectivity index (χ1n) is 6.75. The number of thiophene rings is 2. The van der Waals surface area contributed by atoms with Crippen LogP contribution < -0.4 is 0 Å². The zero-order valence-electron chi connectivity index (χ0n) is 11.5. The zero-order chi connectivity index (χ0) is 14.8. The molecular weight excluding hydrogens is 312 g/mol. The average Bonchev–Trinajstić information content (AvgIpc) is 3.29. The molecule has 0 amide bonds. The van der Waals surface area contributed by atoms with E-state index < -0.39 is 0 Å². The molecule has 0 fully saturated rings. The van der Waals surface area contributed by atoms with Crippen LogP contribution in [0.15, 0.2) is 69.8 Å². The highest BCUT2D eigenvalue weighted by Gasteiger charge is 2.24. The van der Waals surface area contributed by atoms with E-state index in [1.807, 2.05) is 65.4 Å². The lowest BCUT2D eigenvalue weighted by Gasteiger charge is -1.96. The highest BCUT2D eigenvalue weighted by molar-refractivity contribution is 7.13. The van der Waals surface area contributed by atoms with Gasteiger partial charge in [0.25, 0.3) is 0 Å². The number of nitrogens with zero attached hydrogens (tertiary/aromatic N) is 2. The number of hydrogen-bond donors (Lipinski definition) is 0. The van der Waals surface area contributed by atoms with Crippen molar-refractivity contribution in [3.8, 4) is 32.9 Å². The summed E-state index contributed by atoms with van der Waals surface area (Å²) in [6.45, 7) is 0. The molecule has 1 aromatic carbocycles. The Labute approximate surface area is 135 Å². The quantitative estimate of drug-likeness (QED) is 0.469. The summed E-state index contributed by atoms with van der Waals surface area (Å²) < 4.78 is 5.94. The van der Waals surface area contributed by atoms with Gasteiger partial charge in [0.05, 0.1) is 4.88 Å². The molecule has 4 aromatic rings. The van der Waals surface area contributed by atoms with Crippen LogP contribution in [-0.4, -0.2) is 9.97 Å². The average molecular weight is 323 g/mol. The van der Waals surface area contributed by atoms with Crippen molar-refractivity contribution in [1.82, 2.24) is 9.97 Å². The van der Waals surface area contributed by atoms with Crippen LogP contribution in [0.4, 0.5) is 0 Å². The SMILES string of the molecule is c1ccc(-c2nc(-c3cccs3)nc(-c3cccs3)[o+]2)cc1. The fraction of sp³-hybridized carbons (Fsp3) is 0. The molecule has 3 heterocycles. The van der Waals surface area contributed by atoms with E-state index >= 15 is 0 Å². The van der Waals surface area contributed by atoms with Crippen LogP contribution in [0.3, 0.4) is 0 Å². The minimum Gasteiger partial charge on any atom is -0.165 e. The smallest absolute Gasteiger partial charge is 0.165 e. The van der Waals surface area contributed by atoms with Crippen LogP contribution in [0.5, 0.6) is 0 Å². The van der Waals surface area contributed by atoms with Gasteiger partial charge in [-0.25, -0.2) is 0 Å². The van der Waals surface area contributed by atoms with Gasteiger partial charge >= 0.3 is 11.8 Å². The Morgan fingerprint density at radius 2 is 1.36 bits per heavy atom. The molecule has 0 aliphatic rings. The summed E-state index contributed by atoms with van der Waals surface area (Å²) >= 11 is 3.23. The van der Waals surface area contributed by atoms with Gasteiger partial charge in [-0.2, -0.15) is 4.42 Å². The van der Waals surface area contributed by atoms with Crippen LogP contribution in [0.1, 0.15) is 0 Å². The standard InChI is InChI=1S/C17H11N2OS2/c1-2-6-12(7-3-1)16-18-15(13-8-4-10-21-13)19-17(20-16)14-9-5-11-22-14/h1-11H/q+1. The lowest BCUT2D eigenvalue weighted by molar-refractivity contribution is 0.542. The third-order valence-electron chi connectivity index (χ3n) is 3.10. The monoisotopic (exact) mass is 323 g/mol. The van der Waals surface area contributed by atoms with Crippen LogP contribution in [0, 0.1) is 0 Å². The number of rotatable bonds is 3. The van der Waals surface area contributed by atoms with Gasteiger partial charge in [0.15, 0.2) is 10.7 Å². The molecule has 0 bridgehead atoms. The molecule has 3 nitrogen and oxygen atoms in total. The Morgan fingerprint density at radius 1 is 0.682 bits per heavy atom. The maximum atomic E-state index is 5.94. The Morgan fingerprint density at radius 3 is 2.05 bits per heavy atom. The molecule has 4 rings (SSSR count). The van der Waals surface area contributed by atoms with Crippen LogP contribution in [0.25, 0.3) is 32.9 Å².